The molecule has 0 spiro atoms. The molecule has 4 rings (SSSR count). The topological polar surface area (TPSA) is 80.4 Å². The molecule has 6 nitrogen and oxygen atoms in total. The van der Waals surface area contributed by atoms with E-state index in [0.717, 1.165) is 23.1 Å². The molecule has 1 amide bonds. The number of H-pyrrole nitrogens is 1. The smallest absolute Gasteiger partial charge is 0.257 e. The van der Waals surface area contributed by atoms with Gasteiger partial charge in [-0.15, -0.1) is 0 Å². The average Bonchev–Trinajstić information content (AvgIpc) is 3.14. The largest absolute Gasteiger partial charge is 0.454 e. The van der Waals surface area contributed by atoms with Crippen molar-refractivity contribution in [2.45, 2.75) is 19.9 Å². The first-order valence-electron chi connectivity index (χ1n) is 8.47. The summed E-state index contributed by atoms with van der Waals surface area (Å²) in [4.78, 5) is 28.3. The zero-order valence-corrected chi connectivity index (χ0v) is 14.3. The van der Waals surface area contributed by atoms with Crippen LogP contribution in [-0.4, -0.2) is 17.7 Å². The summed E-state index contributed by atoms with van der Waals surface area (Å²) in [5.41, 5.74) is 2.54. The fourth-order valence-electron chi connectivity index (χ4n) is 3.11. The van der Waals surface area contributed by atoms with Crippen molar-refractivity contribution in [2.75, 3.05) is 6.79 Å². The van der Waals surface area contributed by atoms with Gasteiger partial charge in [-0.05, 0) is 35.7 Å². The Balaban J connectivity index is 1.57. The lowest BCUT2D eigenvalue weighted by molar-refractivity contribution is 0.0949. The maximum atomic E-state index is 12.7. The summed E-state index contributed by atoms with van der Waals surface area (Å²) < 4.78 is 10.6. The minimum absolute atomic E-state index is 0.103. The van der Waals surface area contributed by atoms with Crippen LogP contribution in [0, 0.1) is 0 Å². The number of nitrogens with one attached hydrogen (secondary N) is 2. The number of aromatic amines is 1. The van der Waals surface area contributed by atoms with E-state index in [-0.39, 0.29) is 17.8 Å². The van der Waals surface area contributed by atoms with Crippen molar-refractivity contribution in [3.63, 3.8) is 0 Å². The first kappa shape index (κ1) is 16.2. The lowest BCUT2D eigenvalue weighted by Crippen LogP contribution is -2.28. The van der Waals surface area contributed by atoms with E-state index in [1.54, 1.807) is 12.1 Å². The molecule has 0 atom stereocenters. The monoisotopic (exact) mass is 350 g/mol. The molecule has 2 heterocycles. The lowest BCUT2D eigenvalue weighted by Gasteiger charge is -2.08. The van der Waals surface area contributed by atoms with Crippen molar-refractivity contribution in [1.82, 2.24) is 10.3 Å². The van der Waals surface area contributed by atoms with Gasteiger partial charge < -0.3 is 19.8 Å². The van der Waals surface area contributed by atoms with Crippen molar-refractivity contribution in [1.29, 1.82) is 0 Å². The highest BCUT2D eigenvalue weighted by Gasteiger charge is 2.16. The Hall–Kier alpha value is -3.28. The molecule has 2 aromatic carbocycles. The normalized spacial score (nSPS) is 12.3. The number of fused-ring (bicyclic) bond motifs is 2. The Bertz CT molecular complexity index is 1060. The number of hydrogen-bond acceptors (Lipinski definition) is 4. The molecule has 1 aromatic heterocycles. The first-order valence-corrected chi connectivity index (χ1v) is 8.47. The van der Waals surface area contributed by atoms with Gasteiger partial charge in [0.15, 0.2) is 11.5 Å². The standard InChI is InChI=1S/C20H18N2O4/c1-2-13-4-3-5-14-18(13)21-10-15(19(14)23)20(24)22-9-12-6-7-16-17(8-12)26-11-25-16/h3-8,10H,2,9,11H2,1H3,(H,21,23)(H,22,24). The SMILES string of the molecule is CCc1cccc2c(=O)c(C(=O)NCc3ccc4c(c3)OCO4)c[nH]c12. The van der Waals surface area contributed by atoms with E-state index in [0.29, 0.717) is 23.4 Å². The van der Waals surface area contributed by atoms with Gasteiger partial charge in [0.05, 0.1) is 5.52 Å². The number of rotatable bonds is 4. The molecule has 3 aromatic rings. The van der Waals surface area contributed by atoms with Crippen molar-refractivity contribution >= 4 is 16.8 Å². The van der Waals surface area contributed by atoms with Crippen LogP contribution in [0.1, 0.15) is 28.4 Å². The number of aryl methyl sites for hydroxylation is 1. The maximum absolute atomic E-state index is 12.7. The number of carbonyl (C=O) groups is 1. The van der Waals surface area contributed by atoms with Crippen LogP contribution in [0.3, 0.4) is 0 Å². The van der Waals surface area contributed by atoms with Gasteiger partial charge in [-0.2, -0.15) is 0 Å². The first-order chi connectivity index (χ1) is 12.7. The third-order valence-corrected chi connectivity index (χ3v) is 4.52. The van der Waals surface area contributed by atoms with E-state index in [2.05, 4.69) is 10.3 Å². The quantitative estimate of drug-likeness (QED) is 0.758. The Kier molecular flexibility index (Phi) is 4.08. The second-order valence-electron chi connectivity index (χ2n) is 6.10. The van der Waals surface area contributed by atoms with E-state index < -0.39 is 5.91 Å². The molecular weight excluding hydrogens is 332 g/mol. The van der Waals surface area contributed by atoms with Crippen molar-refractivity contribution in [3.8, 4) is 11.5 Å². The molecule has 0 aliphatic carbocycles. The molecule has 26 heavy (non-hydrogen) atoms. The number of ether oxygens (including phenoxy) is 2. The summed E-state index contributed by atoms with van der Waals surface area (Å²) in [7, 11) is 0. The highest BCUT2D eigenvalue weighted by molar-refractivity contribution is 5.97. The molecule has 1 aliphatic rings. The van der Waals surface area contributed by atoms with Gasteiger partial charge in [0.25, 0.3) is 5.91 Å². The summed E-state index contributed by atoms with van der Waals surface area (Å²) in [5, 5.41) is 3.31. The highest BCUT2D eigenvalue weighted by atomic mass is 16.7. The summed E-state index contributed by atoms with van der Waals surface area (Å²) in [6, 6.07) is 11.0. The minimum Gasteiger partial charge on any atom is -0.454 e. The third kappa shape index (κ3) is 2.79. The van der Waals surface area contributed by atoms with Gasteiger partial charge in [0, 0.05) is 18.1 Å². The number of benzene rings is 2. The lowest BCUT2D eigenvalue weighted by atomic mass is 10.1. The Morgan fingerprint density at radius 1 is 1.19 bits per heavy atom. The number of carbonyl (C=O) groups excluding carboxylic acids is 1. The number of hydrogen-bond donors (Lipinski definition) is 2. The van der Waals surface area contributed by atoms with E-state index in [4.69, 9.17) is 9.47 Å². The van der Waals surface area contributed by atoms with Crippen LogP contribution in [0.2, 0.25) is 0 Å². The Labute approximate surface area is 149 Å². The second kappa shape index (κ2) is 6.55. The van der Waals surface area contributed by atoms with Crippen LogP contribution in [0.15, 0.2) is 47.4 Å². The number of aromatic nitrogens is 1. The molecule has 2 N–H and O–H groups in total. The fraction of sp³-hybridized carbons (Fsp3) is 0.200. The van der Waals surface area contributed by atoms with Gasteiger partial charge >= 0.3 is 0 Å². The second-order valence-corrected chi connectivity index (χ2v) is 6.10. The van der Waals surface area contributed by atoms with E-state index in [1.165, 1.54) is 6.20 Å². The molecule has 0 unspecified atom stereocenters. The van der Waals surface area contributed by atoms with Crippen molar-refractivity contribution in [3.05, 3.63) is 69.5 Å². The molecule has 132 valence electrons. The van der Waals surface area contributed by atoms with Crippen LogP contribution in [0.4, 0.5) is 0 Å². The highest BCUT2D eigenvalue weighted by Crippen LogP contribution is 2.32. The van der Waals surface area contributed by atoms with Crippen molar-refractivity contribution < 1.29 is 14.3 Å². The Morgan fingerprint density at radius 2 is 2.04 bits per heavy atom. The number of amides is 1. The molecule has 0 bridgehead atoms. The fourth-order valence-corrected chi connectivity index (χ4v) is 3.11. The molecule has 6 heteroatoms. The van der Waals surface area contributed by atoms with Crippen LogP contribution in [-0.2, 0) is 13.0 Å². The number of pyridine rings is 1. The molecule has 0 fully saturated rings. The van der Waals surface area contributed by atoms with Gasteiger partial charge in [0.1, 0.15) is 5.56 Å². The van der Waals surface area contributed by atoms with Crippen LogP contribution < -0.4 is 20.2 Å². The molecular formula is C20H18N2O4. The predicted octanol–water partition coefficient (Wildman–Crippen LogP) is 2.75. The summed E-state index contributed by atoms with van der Waals surface area (Å²) >= 11 is 0. The Morgan fingerprint density at radius 3 is 2.88 bits per heavy atom. The molecule has 0 saturated heterocycles. The molecule has 0 radical (unpaired) electrons. The molecule has 0 saturated carbocycles. The third-order valence-electron chi connectivity index (χ3n) is 4.52. The van der Waals surface area contributed by atoms with E-state index in [1.807, 2.05) is 31.2 Å². The van der Waals surface area contributed by atoms with E-state index in [9.17, 15) is 9.59 Å². The zero-order chi connectivity index (χ0) is 18.1. The van der Waals surface area contributed by atoms with Gasteiger partial charge in [0.2, 0.25) is 12.2 Å². The van der Waals surface area contributed by atoms with Crippen LogP contribution >= 0.6 is 0 Å². The summed E-state index contributed by atoms with van der Waals surface area (Å²) in [6.07, 6.45) is 2.29. The average molecular weight is 350 g/mol. The van der Waals surface area contributed by atoms with Crippen molar-refractivity contribution in [2.24, 2.45) is 0 Å². The summed E-state index contributed by atoms with van der Waals surface area (Å²) in [5.74, 6) is 0.942. The minimum atomic E-state index is -0.410. The predicted molar refractivity (Wildman–Crippen MR) is 97.7 cm³/mol. The van der Waals surface area contributed by atoms with Crippen LogP contribution in [0.5, 0.6) is 11.5 Å². The van der Waals surface area contributed by atoms with Gasteiger partial charge in [-0.3, -0.25) is 9.59 Å². The maximum Gasteiger partial charge on any atom is 0.257 e. The van der Waals surface area contributed by atoms with E-state index >= 15 is 0 Å². The van der Waals surface area contributed by atoms with Crippen LogP contribution in [0.25, 0.3) is 10.9 Å². The summed E-state index contributed by atoms with van der Waals surface area (Å²) in [6.45, 7) is 2.53. The zero-order valence-electron chi connectivity index (χ0n) is 14.3. The van der Waals surface area contributed by atoms with Gasteiger partial charge in [-0.1, -0.05) is 25.1 Å². The van der Waals surface area contributed by atoms with Gasteiger partial charge in [-0.25, -0.2) is 0 Å². The number of para-hydroxylation sites is 1. The molecule has 1 aliphatic heterocycles.